The second-order valence-corrected chi connectivity index (χ2v) is 6.09. The topological polar surface area (TPSA) is 67.2 Å². The molecule has 0 bridgehead atoms. The second kappa shape index (κ2) is 5.23. The minimum Gasteiger partial charge on any atom is -0.478 e. The summed E-state index contributed by atoms with van der Waals surface area (Å²) in [5, 5.41) is 17.3. The lowest BCUT2D eigenvalue weighted by Crippen LogP contribution is -2.26. The third-order valence-electron chi connectivity index (χ3n) is 4.41. The maximum Gasteiger partial charge on any atom is 0.335 e. The first-order chi connectivity index (χ1) is 11.5. The van der Waals surface area contributed by atoms with E-state index in [1.807, 2.05) is 29.8 Å². The smallest absolute Gasteiger partial charge is 0.335 e. The zero-order valence-corrected chi connectivity index (χ0v) is 13.4. The van der Waals surface area contributed by atoms with E-state index < -0.39 is 5.97 Å². The molecule has 1 aliphatic heterocycles. The Morgan fingerprint density at radius 2 is 1.92 bits per heavy atom. The Balaban J connectivity index is 1.85. The number of nitrogens with one attached hydrogen (secondary N) is 1. The summed E-state index contributed by atoms with van der Waals surface area (Å²) in [5.41, 5.74) is 6.67. The van der Waals surface area contributed by atoms with Crippen LogP contribution in [0.2, 0.25) is 0 Å². The molecule has 2 N–H and O–H groups in total. The van der Waals surface area contributed by atoms with Crippen LogP contribution in [0.5, 0.6) is 0 Å². The van der Waals surface area contributed by atoms with Gasteiger partial charge in [-0.25, -0.2) is 9.48 Å². The lowest BCUT2D eigenvalue weighted by atomic mass is 10.00. The van der Waals surface area contributed by atoms with Crippen molar-refractivity contribution in [2.24, 2.45) is 0 Å². The molecule has 4 rings (SSSR count). The number of carboxylic acids is 1. The van der Waals surface area contributed by atoms with Crippen molar-refractivity contribution in [3.05, 3.63) is 70.9 Å². The number of aromatic carboxylic acids is 1. The van der Waals surface area contributed by atoms with E-state index in [0.717, 1.165) is 28.2 Å². The Morgan fingerprint density at radius 3 is 2.62 bits per heavy atom. The van der Waals surface area contributed by atoms with Gasteiger partial charge in [0.25, 0.3) is 0 Å². The molecule has 2 aromatic carbocycles. The lowest BCUT2D eigenvalue weighted by molar-refractivity contribution is 0.0697. The van der Waals surface area contributed by atoms with Crippen molar-refractivity contribution in [3.63, 3.8) is 0 Å². The van der Waals surface area contributed by atoms with Crippen LogP contribution >= 0.6 is 0 Å². The van der Waals surface area contributed by atoms with Crippen LogP contribution in [0.1, 0.15) is 33.3 Å². The number of hydrogen-bond donors (Lipinski definition) is 2. The highest BCUT2D eigenvalue weighted by Gasteiger charge is 2.27. The molecule has 0 unspecified atom stereocenters. The van der Waals surface area contributed by atoms with Gasteiger partial charge in [-0.3, -0.25) is 0 Å². The summed E-state index contributed by atoms with van der Waals surface area (Å²) in [7, 11) is 0. The molecular weight excluding hydrogens is 302 g/mol. The average molecular weight is 319 g/mol. The molecule has 0 saturated heterocycles. The molecule has 0 radical (unpaired) electrons. The van der Waals surface area contributed by atoms with Gasteiger partial charge in [0.15, 0.2) is 0 Å². The fourth-order valence-corrected chi connectivity index (χ4v) is 3.22. The number of fused-ring (bicyclic) bond motifs is 3. The maximum atomic E-state index is 11.1. The molecule has 0 saturated carbocycles. The van der Waals surface area contributed by atoms with Crippen molar-refractivity contribution in [3.8, 4) is 11.3 Å². The first-order valence-electron chi connectivity index (χ1n) is 7.80. The lowest BCUT2D eigenvalue weighted by Gasteiger charge is -2.30. The molecule has 5 nitrogen and oxygen atoms in total. The molecular formula is C19H17N3O2. The van der Waals surface area contributed by atoms with Gasteiger partial charge in [0.05, 0.1) is 17.0 Å². The van der Waals surface area contributed by atoms with Gasteiger partial charge in [-0.1, -0.05) is 30.3 Å². The summed E-state index contributed by atoms with van der Waals surface area (Å²) >= 11 is 0. The molecule has 1 aromatic heterocycles. The van der Waals surface area contributed by atoms with E-state index in [2.05, 4.69) is 35.5 Å². The van der Waals surface area contributed by atoms with Crippen LogP contribution in [0.3, 0.4) is 0 Å². The third kappa shape index (κ3) is 2.17. The van der Waals surface area contributed by atoms with Gasteiger partial charge in [-0.2, -0.15) is 5.10 Å². The van der Waals surface area contributed by atoms with Crippen LogP contribution in [0, 0.1) is 13.8 Å². The molecule has 24 heavy (non-hydrogen) atoms. The SMILES string of the molecule is Cc1cc2n(n1)[C@H](c1ccc(C(=O)O)cc1)Nc1c(C)cccc1-2. The number of benzene rings is 2. The highest BCUT2D eigenvalue weighted by atomic mass is 16.4. The van der Waals surface area contributed by atoms with E-state index in [-0.39, 0.29) is 11.7 Å². The number of rotatable bonds is 2. The molecule has 1 atom stereocenters. The minimum atomic E-state index is -0.921. The molecule has 5 heteroatoms. The quantitative estimate of drug-likeness (QED) is 0.753. The van der Waals surface area contributed by atoms with Crippen LogP contribution in [0.15, 0.2) is 48.5 Å². The molecule has 0 spiro atoms. The summed E-state index contributed by atoms with van der Waals surface area (Å²) in [6, 6.07) is 15.2. The van der Waals surface area contributed by atoms with Gasteiger partial charge in [0, 0.05) is 11.3 Å². The monoisotopic (exact) mass is 319 g/mol. The molecule has 0 aliphatic carbocycles. The summed E-state index contributed by atoms with van der Waals surface area (Å²) in [4.78, 5) is 11.1. The van der Waals surface area contributed by atoms with Crippen molar-refractivity contribution in [1.29, 1.82) is 0 Å². The van der Waals surface area contributed by atoms with Gasteiger partial charge < -0.3 is 10.4 Å². The van der Waals surface area contributed by atoms with E-state index in [0.29, 0.717) is 0 Å². The Kier molecular flexibility index (Phi) is 3.16. The van der Waals surface area contributed by atoms with Crippen LogP contribution in [0.4, 0.5) is 5.69 Å². The number of hydrogen-bond acceptors (Lipinski definition) is 3. The molecule has 0 fully saturated rings. The molecule has 2 heterocycles. The normalized spacial score (nSPS) is 15.3. The molecule has 120 valence electrons. The number of para-hydroxylation sites is 1. The van der Waals surface area contributed by atoms with Crippen LogP contribution < -0.4 is 5.32 Å². The second-order valence-electron chi connectivity index (χ2n) is 6.09. The number of carboxylic acid groups (broad SMARTS) is 1. The van der Waals surface area contributed by atoms with Crippen molar-refractivity contribution < 1.29 is 9.90 Å². The van der Waals surface area contributed by atoms with Gasteiger partial charge in [0.2, 0.25) is 0 Å². The van der Waals surface area contributed by atoms with Gasteiger partial charge in [0.1, 0.15) is 6.17 Å². The van der Waals surface area contributed by atoms with Crippen molar-refractivity contribution >= 4 is 11.7 Å². The Morgan fingerprint density at radius 1 is 1.17 bits per heavy atom. The number of nitrogens with zero attached hydrogens (tertiary/aromatic N) is 2. The first-order valence-corrected chi connectivity index (χ1v) is 7.80. The average Bonchev–Trinajstić information content (AvgIpc) is 2.96. The predicted octanol–water partition coefficient (Wildman–Crippen LogP) is 3.84. The number of anilines is 1. The highest BCUT2D eigenvalue weighted by molar-refractivity contribution is 5.87. The Labute approximate surface area is 139 Å². The van der Waals surface area contributed by atoms with Gasteiger partial charge >= 0.3 is 5.97 Å². The van der Waals surface area contributed by atoms with Gasteiger partial charge in [-0.15, -0.1) is 0 Å². The summed E-state index contributed by atoms with van der Waals surface area (Å²) < 4.78 is 1.97. The van der Waals surface area contributed by atoms with E-state index in [9.17, 15) is 4.79 Å². The van der Waals surface area contributed by atoms with Gasteiger partial charge in [-0.05, 0) is 43.2 Å². The fraction of sp³-hybridized carbons (Fsp3) is 0.158. The molecule has 1 aliphatic rings. The predicted molar refractivity (Wildman–Crippen MR) is 92.3 cm³/mol. The minimum absolute atomic E-state index is 0.162. The maximum absolute atomic E-state index is 11.1. The Bertz CT molecular complexity index is 942. The van der Waals surface area contributed by atoms with Crippen molar-refractivity contribution in [2.45, 2.75) is 20.0 Å². The highest BCUT2D eigenvalue weighted by Crippen LogP contribution is 2.40. The zero-order valence-electron chi connectivity index (χ0n) is 13.4. The van der Waals surface area contributed by atoms with Crippen LogP contribution in [0.25, 0.3) is 11.3 Å². The van der Waals surface area contributed by atoms with Crippen molar-refractivity contribution in [1.82, 2.24) is 9.78 Å². The molecule has 0 amide bonds. The van der Waals surface area contributed by atoms with E-state index in [1.54, 1.807) is 12.1 Å². The Hall–Kier alpha value is -3.08. The van der Waals surface area contributed by atoms with E-state index in [4.69, 9.17) is 5.11 Å². The standard InChI is InChI=1S/C19H17N3O2/c1-11-4-3-5-15-16-10-12(2)21-22(16)18(20-17(11)15)13-6-8-14(9-7-13)19(23)24/h3-10,18,20H,1-2H3,(H,23,24)/t18-/m1/s1. The fourth-order valence-electron chi connectivity index (χ4n) is 3.22. The number of aryl methyl sites for hydroxylation is 2. The summed E-state index contributed by atoms with van der Waals surface area (Å²) in [5.74, 6) is -0.921. The first kappa shape index (κ1) is 14.5. The van der Waals surface area contributed by atoms with Crippen LogP contribution in [-0.2, 0) is 0 Å². The molecule has 3 aromatic rings. The summed E-state index contributed by atoms with van der Waals surface area (Å²) in [6.07, 6.45) is -0.162. The summed E-state index contributed by atoms with van der Waals surface area (Å²) in [6.45, 7) is 4.06. The zero-order chi connectivity index (χ0) is 16.8. The van der Waals surface area contributed by atoms with E-state index >= 15 is 0 Å². The van der Waals surface area contributed by atoms with Crippen LogP contribution in [-0.4, -0.2) is 20.9 Å². The number of aromatic nitrogens is 2. The largest absolute Gasteiger partial charge is 0.478 e. The number of carbonyl (C=O) groups is 1. The third-order valence-corrected chi connectivity index (χ3v) is 4.41. The van der Waals surface area contributed by atoms with Crippen molar-refractivity contribution in [2.75, 3.05) is 5.32 Å². The van der Waals surface area contributed by atoms with E-state index in [1.165, 1.54) is 5.56 Å².